The van der Waals surface area contributed by atoms with Gasteiger partial charge in [-0.05, 0) is 42.3 Å². The van der Waals surface area contributed by atoms with Gasteiger partial charge in [-0.25, -0.2) is 9.18 Å². The summed E-state index contributed by atoms with van der Waals surface area (Å²) in [5.41, 5.74) is 1.69. The first-order valence-corrected chi connectivity index (χ1v) is 10.8. The van der Waals surface area contributed by atoms with Crippen LogP contribution in [0.25, 0.3) is 11.3 Å². The molecule has 5 rings (SSSR count). The predicted molar refractivity (Wildman–Crippen MR) is 120 cm³/mol. The molecule has 34 heavy (non-hydrogen) atoms. The molecule has 0 aliphatic carbocycles. The van der Waals surface area contributed by atoms with Gasteiger partial charge in [0, 0.05) is 17.7 Å². The first kappa shape index (κ1) is 21.6. The fourth-order valence-electron chi connectivity index (χ4n) is 4.38. The SMILES string of the molecule is CCOc1ccc2c(c1)C(=O)N(C[C@@]1(c3ccc(-c4ccc(F)cn4)cc3)NC(=O)NC1=O)C2. The van der Waals surface area contributed by atoms with E-state index in [0.29, 0.717) is 35.7 Å². The third-order valence-corrected chi connectivity index (χ3v) is 6.04. The molecule has 0 spiro atoms. The lowest BCUT2D eigenvalue weighted by Crippen LogP contribution is -2.52. The summed E-state index contributed by atoms with van der Waals surface area (Å²) in [5.74, 6) is -0.613. The van der Waals surface area contributed by atoms with Gasteiger partial charge in [0.2, 0.25) is 0 Å². The van der Waals surface area contributed by atoms with E-state index < -0.39 is 23.3 Å². The molecule has 8 nitrogen and oxygen atoms in total. The van der Waals surface area contributed by atoms with Crippen LogP contribution in [0.2, 0.25) is 0 Å². The number of halogens is 1. The average Bonchev–Trinajstić information content (AvgIpc) is 3.30. The maximum Gasteiger partial charge on any atom is 0.322 e. The summed E-state index contributed by atoms with van der Waals surface area (Å²) in [6.45, 7) is 2.61. The molecule has 9 heteroatoms. The molecule has 1 aromatic heterocycles. The zero-order chi connectivity index (χ0) is 23.9. The van der Waals surface area contributed by atoms with Crippen molar-refractivity contribution >= 4 is 17.8 Å². The number of carbonyl (C=O) groups is 3. The Bertz CT molecular complexity index is 1290. The van der Waals surface area contributed by atoms with Crippen molar-refractivity contribution in [2.45, 2.75) is 19.0 Å². The number of carbonyl (C=O) groups excluding carboxylic acids is 3. The molecule has 1 fully saturated rings. The minimum absolute atomic E-state index is 0.0454. The number of rotatable bonds is 6. The molecule has 1 atom stereocenters. The highest BCUT2D eigenvalue weighted by Crippen LogP contribution is 2.33. The molecule has 4 amide bonds. The molecule has 2 aliphatic heterocycles. The van der Waals surface area contributed by atoms with Crippen molar-refractivity contribution in [3.05, 3.63) is 83.3 Å². The van der Waals surface area contributed by atoms with Gasteiger partial charge in [-0.3, -0.25) is 19.9 Å². The molecular weight excluding hydrogens is 439 g/mol. The van der Waals surface area contributed by atoms with E-state index in [1.165, 1.54) is 6.07 Å². The number of benzene rings is 2. The molecule has 2 aromatic carbocycles. The Morgan fingerprint density at radius 1 is 1.09 bits per heavy atom. The van der Waals surface area contributed by atoms with Crippen molar-refractivity contribution in [3.63, 3.8) is 0 Å². The second-order valence-corrected chi connectivity index (χ2v) is 8.17. The Morgan fingerprint density at radius 3 is 2.53 bits per heavy atom. The topological polar surface area (TPSA) is 101 Å². The summed E-state index contributed by atoms with van der Waals surface area (Å²) in [6, 6.07) is 14.5. The van der Waals surface area contributed by atoms with Crippen molar-refractivity contribution in [2.24, 2.45) is 0 Å². The van der Waals surface area contributed by atoms with Gasteiger partial charge in [0.15, 0.2) is 5.54 Å². The number of ether oxygens (including phenoxy) is 1. The van der Waals surface area contributed by atoms with Gasteiger partial charge >= 0.3 is 6.03 Å². The maximum absolute atomic E-state index is 13.2. The van der Waals surface area contributed by atoms with E-state index >= 15 is 0 Å². The smallest absolute Gasteiger partial charge is 0.322 e. The summed E-state index contributed by atoms with van der Waals surface area (Å²) in [7, 11) is 0. The van der Waals surface area contributed by atoms with E-state index in [2.05, 4.69) is 15.6 Å². The molecule has 3 heterocycles. The molecular formula is C25H21FN4O4. The molecule has 0 radical (unpaired) electrons. The van der Waals surface area contributed by atoms with Gasteiger partial charge in [0.1, 0.15) is 11.6 Å². The van der Waals surface area contributed by atoms with Crippen molar-refractivity contribution in [1.82, 2.24) is 20.5 Å². The number of aromatic nitrogens is 1. The number of hydrogen-bond donors (Lipinski definition) is 2. The first-order valence-electron chi connectivity index (χ1n) is 10.8. The van der Waals surface area contributed by atoms with E-state index in [1.807, 2.05) is 13.0 Å². The Kier molecular flexibility index (Phi) is 5.24. The zero-order valence-electron chi connectivity index (χ0n) is 18.3. The van der Waals surface area contributed by atoms with Crippen molar-refractivity contribution < 1.29 is 23.5 Å². The van der Waals surface area contributed by atoms with Gasteiger partial charge in [0.05, 0.1) is 25.0 Å². The minimum atomic E-state index is -1.45. The van der Waals surface area contributed by atoms with Crippen LogP contribution in [0, 0.1) is 5.82 Å². The molecule has 2 N–H and O–H groups in total. The Labute approximate surface area is 194 Å². The van der Waals surface area contributed by atoms with E-state index in [1.54, 1.807) is 47.4 Å². The number of nitrogens with one attached hydrogen (secondary N) is 2. The molecule has 2 aliphatic rings. The molecule has 0 unspecified atom stereocenters. The van der Waals surface area contributed by atoms with Gasteiger partial charge in [-0.15, -0.1) is 0 Å². The minimum Gasteiger partial charge on any atom is -0.494 e. The van der Waals surface area contributed by atoms with Gasteiger partial charge in [-0.1, -0.05) is 30.3 Å². The van der Waals surface area contributed by atoms with E-state index in [-0.39, 0.29) is 12.5 Å². The second kappa shape index (κ2) is 8.26. The molecule has 3 aromatic rings. The Hall–Kier alpha value is -4.27. The summed E-state index contributed by atoms with van der Waals surface area (Å²) in [4.78, 5) is 43.9. The number of fused-ring (bicyclic) bond motifs is 1. The zero-order valence-corrected chi connectivity index (χ0v) is 18.3. The molecule has 172 valence electrons. The van der Waals surface area contributed by atoms with Crippen molar-refractivity contribution in [3.8, 4) is 17.0 Å². The summed E-state index contributed by atoms with van der Waals surface area (Å²) in [6.07, 6.45) is 1.13. The molecule has 1 saturated heterocycles. The summed E-state index contributed by atoms with van der Waals surface area (Å²) < 4.78 is 18.7. The van der Waals surface area contributed by atoms with E-state index in [0.717, 1.165) is 17.3 Å². The Morgan fingerprint density at radius 2 is 1.88 bits per heavy atom. The largest absolute Gasteiger partial charge is 0.494 e. The number of imide groups is 1. The summed E-state index contributed by atoms with van der Waals surface area (Å²) in [5, 5.41) is 5.02. The van der Waals surface area contributed by atoms with Crippen LogP contribution >= 0.6 is 0 Å². The monoisotopic (exact) mass is 460 g/mol. The van der Waals surface area contributed by atoms with Gasteiger partial charge in [-0.2, -0.15) is 0 Å². The predicted octanol–water partition coefficient (Wildman–Crippen LogP) is 2.98. The van der Waals surface area contributed by atoms with Crippen LogP contribution in [0.1, 0.15) is 28.4 Å². The normalized spacial score (nSPS) is 19.1. The van der Waals surface area contributed by atoms with Gasteiger partial charge < -0.3 is 15.0 Å². The maximum atomic E-state index is 13.2. The molecule has 0 bridgehead atoms. The number of hydrogen-bond acceptors (Lipinski definition) is 5. The standard InChI is InChI=1S/C25H21FN4O4/c1-2-34-19-9-5-16-13-30(22(31)20(16)11-19)14-25(23(32)28-24(33)29-25)17-6-3-15(4-7-17)21-10-8-18(26)12-27-21/h3-12H,2,13-14H2,1H3,(H2,28,29,32,33)/t25-/m0/s1. The number of nitrogens with zero attached hydrogens (tertiary/aromatic N) is 2. The van der Waals surface area contributed by atoms with Crippen LogP contribution in [0.15, 0.2) is 60.8 Å². The fraction of sp³-hybridized carbons (Fsp3) is 0.200. The lowest BCUT2D eigenvalue weighted by atomic mass is 9.88. The first-order chi connectivity index (χ1) is 16.4. The summed E-state index contributed by atoms with van der Waals surface area (Å²) >= 11 is 0. The Balaban J connectivity index is 1.45. The number of pyridine rings is 1. The third-order valence-electron chi connectivity index (χ3n) is 6.04. The second-order valence-electron chi connectivity index (χ2n) is 8.17. The third kappa shape index (κ3) is 3.64. The van der Waals surface area contributed by atoms with Crippen LogP contribution in [-0.2, 0) is 16.9 Å². The lowest BCUT2D eigenvalue weighted by Gasteiger charge is -2.31. The van der Waals surface area contributed by atoms with Crippen LogP contribution in [0.5, 0.6) is 5.75 Å². The van der Waals surface area contributed by atoms with Crippen LogP contribution in [-0.4, -0.2) is 40.9 Å². The average molecular weight is 460 g/mol. The lowest BCUT2D eigenvalue weighted by molar-refractivity contribution is -0.124. The quantitative estimate of drug-likeness (QED) is 0.551. The van der Waals surface area contributed by atoms with Crippen molar-refractivity contribution in [1.29, 1.82) is 0 Å². The highest BCUT2D eigenvalue weighted by Gasteiger charge is 2.50. The van der Waals surface area contributed by atoms with E-state index in [4.69, 9.17) is 4.74 Å². The number of urea groups is 1. The molecule has 0 saturated carbocycles. The van der Waals surface area contributed by atoms with Crippen LogP contribution in [0.3, 0.4) is 0 Å². The fourth-order valence-corrected chi connectivity index (χ4v) is 4.38. The van der Waals surface area contributed by atoms with Crippen LogP contribution in [0.4, 0.5) is 9.18 Å². The van der Waals surface area contributed by atoms with E-state index in [9.17, 15) is 18.8 Å². The van der Waals surface area contributed by atoms with Gasteiger partial charge in [0.25, 0.3) is 11.8 Å². The van der Waals surface area contributed by atoms with Crippen LogP contribution < -0.4 is 15.4 Å². The highest BCUT2D eigenvalue weighted by molar-refractivity contribution is 6.08. The highest BCUT2D eigenvalue weighted by atomic mass is 19.1. The number of amides is 4. The van der Waals surface area contributed by atoms with Crippen molar-refractivity contribution in [2.75, 3.05) is 13.2 Å².